The van der Waals surface area contributed by atoms with Gasteiger partial charge in [0.1, 0.15) is 0 Å². The van der Waals surface area contributed by atoms with Crippen LogP contribution in [0.4, 0.5) is 17.6 Å². The molecule has 0 aromatic heterocycles. The van der Waals surface area contributed by atoms with Crippen molar-refractivity contribution >= 4 is 5.57 Å². The van der Waals surface area contributed by atoms with Crippen molar-refractivity contribution in [3.8, 4) is 5.75 Å². The van der Waals surface area contributed by atoms with Gasteiger partial charge in [-0.25, -0.2) is 13.2 Å². The number of hydrogen-bond acceptors (Lipinski definition) is 2. The van der Waals surface area contributed by atoms with Gasteiger partial charge in [0.25, 0.3) is 0 Å². The Bertz CT molecular complexity index is 1100. The molecule has 1 saturated carbocycles. The predicted molar refractivity (Wildman–Crippen MR) is 134 cm³/mol. The molecule has 0 amide bonds. The molecule has 1 unspecified atom stereocenters. The molecule has 0 spiro atoms. The quantitative estimate of drug-likeness (QED) is 0.194. The fourth-order valence-corrected chi connectivity index (χ4v) is 5.49. The lowest BCUT2D eigenvalue weighted by Gasteiger charge is -2.29. The van der Waals surface area contributed by atoms with E-state index in [2.05, 4.69) is 6.58 Å². The highest BCUT2D eigenvalue weighted by Crippen LogP contribution is 2.41. The molecule has 2 aromatic carbocycles. The van der Waals surface area contributed by atoms with Crippen LogP contribution in [-0.2, 0) is 4.74 Å². The number of benzene rings is 2. The van der Waals surface area contributed by atoms with E-state index in [1.54, 1.807) is 24.3 Å². The first kappa shape index (κ1) is 26.5. The molecule has 0 N–H and O–H groups in total. The SMILES string of the molecule is C=CCCOc1ccc(C2CC=C(c3ccc(C4CCC(OCC)CC4)c(F)c3F)CC2)c(F)c1F. The summed E-state index contributed by atoms with van der Waals surface area (Å²) in [5, 5.41) is 0. The van der Waals surface area contributed by atoms with Crippen molar-refractivity contribution in [3.05, 3.63) is 83.0 Å². The molecule has 36 heavy (non-hydrogen) atoms. The maximum atomic E-state index is 15.1. The Morgan fingerprint density at radius 2 is 1.56 bits per heavy atom. The zero-order valence-electron chi connectivity index (χ0n) is 20.8. The van der Waals surface area contributed by atoms with Crippen molar-refractivity contribution in [1.29, 1.82) is 0 Å². The number of ether oxygens (including phenoxy) is 2. The third kappa shape index (κ3) is 5.69. The van der Waals surface area contributed by atoms with Crippen LogP contribution in [0.1, 0.15) is 86.8 Å². The fourth-order valence-electron chi connectivity index (χ4n) is 5.49. The molecule has 6 heteroatoms. The van der Waals surface area contributed by atoms with Gasteiger partial charge in [-0.15, -0.1) is 6.58 Å². The Kier molecular flexibility index (Phi) is 8.89. The molecule has 4 rings (SSSR count). The molecule has 1 atom stereocenters. The first-order valence-electron chi connectivity index (χ1n) is 12.9. The first-order valence-corrected chi connectivity index (χ1v) is 12.9. The summed E-state index contributed by atoms with van der Waals surface area (Å²) in [6, 6.07) is 6.39. The highest BCUT2D eigenvalue weighted by atomic mass is 19.2. The van der Waals surface area contributed by atoms with E-state index in [4.69, 9.17) is 9.47 Å². The Hall–Kier alpha value is -2.60. The van der Waals surface area contributed by atoms with E-state index < -0.39 is 23.3 Å². The van der Waals surface area contributed by atoms with Gasteiger partial charge in [-0.1, -0.05) is 30.4 Å². The zero-order valence-corrected chi connectivity index (χ0v) is 20.8. The first-order chi connectivity index (χ1) is 17.4. The number of hydrogen-bond donors (Lipinski definition) is 0. The molecule has 1 fully saturated rings. The zero-order chi connectivity index (χ0) is 25.7. The van der Waals surface area contributed by atoms with E-state index in [0.717, 1.165) is 25.7 Å². The maximum Gasteiger partial charge on any atom is 0.200 e. The second-order valence-corrected chi connectivity index (χ2v) is 9.67. The maximum absolute atomic E-state index is 15.1. The van der Waals surface area contributed by atoms with Crippen LogP contribution in [-0.4, -0.2) is 19.3 Å². The van der Waals surface area contributed by atoms with Gasteiger partial charge < -0.3 is 9.47 Å². The molecular weight excluding hydrogens is 468 g/mol. The van der Waals surface area contributed by atoms with Crippen molar-refractivity contribution in [1.82, 2.24) is 0 Å². The minimum atomic E-state index is -0.995. The molecule has 0 saturated heterocycles. The van der Waals surface area contributed by atoms with Gasteiger partial charge >= 0.3 is 0 Å². The van der Waals surface area contributed by atoms with Crippen molar-refractivity contribution in [3.63, 3.8) is 0 Å². The Balaban J connectivity index is 1.45. The van der Waals surface area contributed by atoms with E-state index in [1.807, 2.05) is 13.0 Å². The number of halogens is 4. The van der Waals surface area contributed by atoms with E-state index >= 15 is 8.78 Å². The monoisotopic (exact) mass is 502 g/mol. The van der Waals surface area contributed by atoms with E-state index in [0.29, 0.717) is 43.4 Å². The summed E-state index contributed by atoms with van der Waals surface area (Å²) in [7, 11) is 0. The van der Waals surface area contributed by atoms with Gasteiger partial charge in [-0.2, -0.15) is 4.39 Å². The highest BCUT2D eigenvalue weighted by Gasteiger charge is 2.28. The molecule has 0 bridgehead atoms. The van der Waals surface area contributed by atoms with E-state index in [1.165, 1.54) is 6.07 Å². The average Bonchev–Trinajstić information content (AvgIpc) is 2.89. The Morgan fingerprint density at radius 1 is 0.861 bits per heavy atom. The van der Waals surface area contributed by atoms with Crippen LogP contribution in [0.5, 0.6) is 5.75 Å². The molecule has 2 aliphatic rings. The average molecular weight is 503 g/mol. The van der Waals surface area contributed by atoms with Crippen molar-refractivity contribution in [2.24, 2.45) is 0 Å². The van der Waals surface area contributed by atoms with Crippen molar-refractivity contribution in [2.75, 3.05) is 13.2 Å². The van der Waals surface area contributed by atoms with Crippen molar-refractivity contribution in [2.45, 2.75) is 76.2 Å². The molecule has 2 aromatic rings. The van der Waals surface area contributed by atoms with Crippen LogP contribution >= 0.6 is 0 Å². The van der Waals surface area contributed by atoms with Crippen LogP contribution < -0.4 is 4.74 Å². The van der Waals surface area contributed by atoms with E-state index in [-0.39, 0.29) is 41.4 Å². The van der Waals surface area contributed by atoms with Crippen LogP contribution in [0.25, 0.3) is 5.57 Å². The van der Waals surface area contributed by atoms with Gasteiger partial charge in [0, 0.05) is 12.2 Å². The lowest BCUT2D eigenvalue weighted by molar-refractivity contribution is 0.0325. The molecule has 0 aliphatic heterocycles. The third-order valence-electron chi connectivity index (χ3n) is 7.48. The van der Waals surface area contributed by atoms with E-state index in [9.17, 15) is 8.78 Å². The van der Waals surface area contributed by atoms with Crippen molar-refractivity contribution < 1.29 is 27.0 Å². The third-order valence-corrected chi connectivity index (χ3v) is 7.48. The van der Waals surface area contributed by atoms with Crippen LogP contribution in [0.15, 0.2) is 43.0 Å². The smallest absolute Gasteiger partial charge is 0.200 e. The second kappa shape index (κ2) is 12.1. The normalized spacial score (nSPS) is 22.2. The largest absolute Gasteiger partial charge is 0.490 e. The summed E-state index contributed by atoms with van der Waals surface area (Å²) in [5.74, 6) is -3.85. The number of rotatable bonds is 9. The fraction of sp³-hybridized carbons (Fsp3) is 0.467. The Labute approximate surface area is 211 Å². The topological polar surface area (TPSA) is 18.5 Å². The lowest BCUT2D eigenvalue weighted by Crippen LogP contribution is -2.21. The van der Waals surface area contributed by atoms with Crippen LogP contribution in [0.3, 0.4) is 0 Å². The van der Waals surface area contributed by atoms with Crippen LogP contribution in [0, 0.1) is 23.3 Å². The predicted octanol–water partition coefficient (Wildman–Crippen LogP) is 8.61. The summed E-state index contributed by atoms with van der Waals surface area (Å²) in [6.07, 6.45) is 8.88. The van der Waals surface area contributed by atoms with Crippen LogP contribution in [0.2, 0.25) is 0 Å². The summed E-state index contributed by atoms with van der Waals surface area (Å²) in [4.78, 5) is 0. The molecule has 194 valence electrons. The molecule has 0 heterocycles. The molecule has 2 aliphatic carbocycles. The second-order valence-electron chi connectivity index (χ2n) is 9.67. The number of allylic oxidation sites excluding steroid dienone is 2. The standard InChI is InChI=1S/C30H34F4O2/c1-3-5-18-36-26-17-16-25(29(33)30(26)34)20-8-6-19(7-9-20)23-14-15-24(28(32)27(23)31)21-10-12-22(13-11-21)35-4-2/h3,6,14-17,20-22H,1,4-5,7-13,18H2,2H3. The van der Waals surface area contributed by atoms with Gasteiger partial charge in [-0.05, 0) is 92.9 Å². The van der Waals surface area contributed by atoms with Gasteiger partial charge in [0.2, 0.25) is 5.82 Å². The molecule has 2 nitrogen and oxygen atoms in total. The summed E-state index contributed by atoms with van der Waals surface area (Å²) in [5.41, 5.74) is 1.69. The van der Waals surface area contributed by atoms with Gasteiger partial charge in [-0.3, -0.25) is 0 Å². The van der Waals surface area contributed by atoms with Gasteiger partial charge in [0.15, 0.2) is 23.2 Å². The van der Waals surface area contributed by atoms with Gasteiger partial charge in [0.05, 0.1) is 12.7 Å². The summed E-state index contributed by atoms with van der Waals surface area (Å²) < 4.78 is 70.5. The highest BCUT2D eigenvalue weighted by molar-refractivity contribution is 5.67. The minimum absolute atomic E-state index is 0.00318. The Morgan fingerprint density at radius 3 is 2.22 bits per heavy atom. The lowest BCUT2D eigenvalue weighted by atomic mass is 9.80. The molecular formula is C30H34F4O2. The molecule has 0 radical (unpaired) electrons. The summed E-state index contributed by atoms with van der Waals surface area (Å²) >= 11 is 0. The summed E-state index contributed by atoms with van der Waals surface area (Å²) in [6.45, 7) is 6.44. The minimum Gasteiger partial charge on any atom is -0.490 e.